The fourth-order valence-corrected chi connectivity index (χ4v) is 3.94. The van der Waals surface area contributed by atoms with Gasteiger partial charge in [-0.2, -0.15) is 0 Å². The number of nitrogens with zero attached hydrogens (tertiary/aromatic N) is 4. The Kier molecular flexibility index (Phi) is 4.16. The molecule has 0 saturated heterocycles. The molecule has 3 heterocycles. The lowest BCUT2D eigenvalue weighted by Gasteiger charge is -2.17. The van der Waals surface area contributed by atoms with Crippen molar-refractivity contribution in [2.24, 2.45) is 0 Å². The minimum Gasteiger partial charge on any atom is -0.293 e. The second kappa shape index (κ2) is 6.39. The average Bonchev–Trinajstić information content (AvgIpc) is 2.90. The van der Waals surface area contributed by atoms with E-state index in [0.717, 1.165) is 12.8 Å². The summed E-state index contributed by atoms with van der Waals surface area (Å²) in [5, 5.41) is 0.198. The molecule has 0 amide bonds. The molecule has 0 saturated carbocycles. The van der Waals surface area contributed by atoms with E-state index in [4.69, 9.17) is 18.0 Å². The highest BCUT2D eigenvalue weighted by atomic mass is 35.5. The van der Waals surface area contributed by atoms with Crippen molar-refractivity contribution >= 4 is 22.6 Å². The van der Waals surface area contributed by atoms with Crippen LogP contribution in [0.3, 0.4) is 0 Å². The summed E-state index contributed by atoms with van der Waals surface area (Å²) in [4.78, 5) is 29.4. The van der Waals surface area contributed by atoms with E-state index in [1.807, 2.05) is 0 Å². The SMILES string of the molecule is C#CCn1c(=O)c(C)nc2cc(F)c(-c3c(Cl)n4n(c3=O)CCCC4)cc21. The lowest BCUT2D eigenvalue weighted by atomic mass is 10.1. The predicted molar refractivity (Wildman–Crippen MR) is 101 cm³/mol. The van der Waals surface area contributed by atoms with E-state index in [1.165, 1.54) is 21.4 Å². The van der Waals surface area contributed by atoms with Gasteiger partial charge in [-0.05, 0) is 25.8 Å². The molecule has 0 fully saturated rings. The van der Waals surface area contributed by atoms with Gasteiger partial charge in [-0.25, -0.2) is 14.1 Å². The van der Waals surface area contributed by atoms with Gasteiger partial charge in [0.05, 0.1) is 23.1 Å². The predicted octanol–water partition coefficient (Wildman–Crippen LogP) is 2.55. The number of aryl methyl sites for hydroxylation is 1. The standard InChI is InChI=1S/C19H16ClFN4O2/c1-3-6-23-15-9-12(13(21)10-14(15)22-11(2)18(23)26)16-17(20)24-7-4-5-8-25(24)19(16)27/h1,9-10H,4-8H2,2H3. The molecule has 1 aromatic carbocycles. The number of terminal acetylenes is 1. The fraction of sp³-hybridized carbons (Fsp3) is 0.316. The van der Waals surface area contributed by atoms with Crippen LogP contribution < -0.4 is 11.1 Å². The Morgan fingerprint density at radius 2 is 1.93 bits per heavy atom. The highest BCUT2D eigenvalue weighted by Gasteiger charge is 2.25. The second-order valence-electron chi connectivity index (χ2n) is 6.54. The van der Waals surface area contributed by atoms with Crippen LogP contribution in [0, 0.1) is 25.1 Å². The summed E-state index contributed by atoms with van der Waals surface area (Å²) in [6.07, 6.45) is 7.15. The van der Waals surface area contributed by atoms with Gasteiger partial charge in [0.2, 0.25) is 0 Å². The Bertz CT molecular complexity index is 1250. The van der Waals surface area contributed by atoms with Gasteiger partial charge in [0.1, 0.15) is 16.7 Å². The van der Waals surface area contributed by atoms with Crippen molar-refractivity contribution in [1.29, 1.82) is 0 Å². The Labute approximate surface area is 158 Å². The maximum Gasteiger partial charge on any atom is 0.276 e. The molecule has 0 spiro atoms. The maximum absolute atomic E-state index is 14.9. The van der Waals surface area contributed by atoms with Gasteiger partial charge in [-0.3, -0.25) is 18.8 Å². The molecule has 1 aliphatic heterocycles. The quantitative estimate of drug-likeness (QED) is 0.636. The molecule has 0 radical (unpaired) electrons. The highest BCUT2D eigenvalue weighted by molar-refractivity contribution is 6.32. The molecule has 138 valence electrons. The molecule has 0 aliphatic carbocycles. The zero-order valence-electron chi connectivity index (χ0n) is 14.6. The van der Waals surface area contributed by atoms with Crippen LogP contribution in [-0.4, -0.2) is 18.9 Å². The smallest absolute Gasteiger partial charge is 0.276 e. The van der Waals surface area contributed by atoms with Gasteiger partial charge in [-0.15, -0.1) is 6.42 Å². The molecule has 3 aromatic rings. The Morgan fingerprint density at radius 1 is 1.22 bits per heavy atom. The van der Waals surface area contributed by atoms with E-state index in [0.29, 0.717) is 24.1 Å². The van der Waals surface area contributed by atoms with Crippen molar-refractivity contribution in [2.45, 2.75) is 39.4 Å². The van der Waals surface area contributed by atoms with Gasteiger partial charge >= 0.3 is 0 Å². The van der Waals surface area contributed by atoms with Gasteiger partial charge in [0.25, 0.3) is 11.1 Å². The van der Waals surface area contributed by atoms with Crippen molar-refractivity contribution in [3.63, 3.8) is 0 Å². The summed E-state index contributed by atoms with van der Waals surface area (Å²) >= 11 is 6.42. The largest absolute Gasteiger partial charge is 0.293 e. The van der Waals surface area contributed by atoms with Crippen molar-refractivity contribution < 1.29 is 4.39 Å². The number of hydrogen-bond acceptors (Lipinski definition) is 3. The number of halogens is 2. The number of hydrogen-bond donors (Lipinski definition) is 0. The van der Waals surface area contributed by atoms with E-state index in [2.05, 4.69) is 10.9 Å². The lowest BCUT2D eigenvalue weighted by Crippen LogP contribution is -2.27. The summed E-state index contributed by atoms with van der Waals surface area (Å²) in [6.45, 7) is 2.70. The zero-order chi connectivity index (χ0) is 19.3. The molecular formula is C19H16ClFN4O2. The minimum absolute atomic E-state index is 0.0166. The molecule has 1 aliphatic rings. The topological polar surface area (TPSA) is 61.8 Å². The van der Waals surface area contributed by atoms with E-state index < -0.39 is 5.82 Å². The molecule has 0 atom stereocenters. The van der Waals surface area contributed by atoms with Crippen molar-refractivity contribution in [1.82, 2.24) is 18.9 Å². The van der Waals surface area contributed by atoms with E-state index in [9.17, 15) is 14.0 Å². The van der Waals surface area contributed by atoms with Crippen LogP contribution in [0.15, 0.2) is 21.7 Å². The third-order valence-corrected chi connectivity index (χ3v) is 5.26. The Morgan fingerprint density at radius 3 is 2.59 bits per heavy atom. The first kappa shape index (κ1) is 17.6. The van der Waals surface area contributed by atoms with Gasteiger partial charge in [0, 0.05) is 24.7 Å². The third kappa shape index (κ3) is 2.60. The van der Waals surface area contributed by atoms with Crippen LogP contribution >= 0.6 is 11.6 Å². The average molecular weight is 387 g/mol. The lowest BCUT2D eigenvalue weighted by molar-refractivity contribution is 0.356. The van der Waals surface area contributed by atoms with Gasteiger partial charge in [0.15, 0.2) is 0 Å². The summed E-state index contributed by atoms with van der Waals surface area (Å²) in [6, 6.07) is 2.65. The molecule has 27 heavy (non-hydrogen) atoms. The van der Waals surface area contributed by atoms with Crippen molar-refractivity contribution in [3.05, 3.63) is 49.5 Å². The van der Waals surface area contributed by atoms with Crippen LogP contribution in [0.2, 0.25) is 5.15 Å². The monoisotopic (exact) mass is 386 g/mol. The van der Waals surface area contributed by atoms with Crippen LogP contribution in [0.25, 0.3) is 22.2 Å². The van der Waals surface area contributed by atoms with Crippen molar-refractivity contribution in [3.8, 4) is 23.5 Å². The molecular weight excluding hydrogens is 371 g/mol. The van der Waals surface area contributed by atoms with Crippen LogP contribution in [-0.2, 0) is 19.6 Å². The summed E-state index contributed by atoms with van der Waals surface area (Å²) < 4.78 is 19.5. The first-order valence-corrected chi connectivity index (χ1v) is 8.95. The second-order valence-corrected chi connectivity index (χ2v) is 6.90. The molecule has 0 bridgehead atoms. The third-order valence-electron chi connectivity index (χ3n) is 4.88. The molecule has 0 N–H and O–H groups in total. The molecule has 8 heteroatoms. The Balaban J connectivity index is 2.06. The van der Waals surface area contributed by atoms with Crippen LogP contribution in [0.5, 0.6) is 0 Å². The summed E-state index contributed by atoms with van der Waals surface area (Å²) in [5.74, 6) is 1.80. The number of rotatable bonds is 2. The van der Waals surface area contributed by atoms with Crippen LogP contribution in [0.1, 0.15) is 18.5 Å². The van der Waals surface area contributed by atoms with E-state index in [1.54, 1.807) is 11.6 Å². The van der Waals surface area contributed by atoms with E-state index in [-0.39, 0.29) is 39.6 Å². The molecule has 6 nitrogen and oxygen atoms in total. The van der Waals surface area contributed by atoms with E-state index >= 15 is 0 Å². The normalized spacial score (nSPS) is 13.6. The number of aromatic nitrogens is 4. The molecule has 0 unspecified atom stereocenters. The van der Waals surface area contributed by atoms with Gasteiger partial charge < -0.3 is 0 Å². The fourth-order valence-electron chi connectivity index (χ4n) is 3.58. The van der Waals surface area contributed by atoms with Crippen LogP contribution in [0.4, 0.5) is 4.39 Å². The first-order valence-electron chi connectivity index (χ1n) is 8.57. The first-order chi connectivity index (χ1) is 12.9. The molecule has 2 aromatic heterocycles. The number of benzene rings is 1. The Hall–Kier alpha value is -2.85. The van der Waals surface area contributed by atoms with Gasteiger partial charge in [-0.1, -0.05) is 17.5 Å². The summed E-state index contributed by atoms with van der Waals surface area (Å²) in [7, 11) is 0. The van der Waals surface area contributed by atoms with Crippen molar-refractivity contribution in [2.75, 3.05) is 0 Å². The maximum atomic E-state index is 14.9. The zero-order valence-corrected chi connectivity index (χ0v) is 15.4. The number of fused-ring (bicyclic) bond motifs is 2. The highest BCUT2D eigenvalue weighted by Crippen LogP contribution is 2.31. The minimum atomic E-state index is -0.622. The summed E-state index contributed by atoms with van der Waals surface area (Å²) in [5.41, 5.74) is 0.331. The molecule has 4 rings (SSSR count).